The second-order valence-electron chi connectivity index (χ2n) is 8.94. The number of hydrogen-bond acceptors (Lipinski definition) is 5. The molecule has 3 atom stereocenters. The molecule has 2 heterocycles. The monoisotopic (exact) mass is 532 g/mol. The van der Waals surface area contributed by atoms with Crippen LogP contribution in [0, 0.1) is 0 Å². The van der Waals surface area contributed by atoms with Gasteiger partial charge in [-0.1, -0.05) is 18.2 Å². The van der Waals surface area contributed by atoms with Gasteiger partial charge in [-0.15, -0.1) is 13.2 Å². The first-order valence-corrected chi connectivity index (χ1v) is 11.6. The third-order valence-electron chi connectivity index (χ3n) is 6.58. The van der Waals surface area contributed by atoms with E-state index in [-0.39, 0.29) is 23.4 Å². The van der Waals surface area contributed by atoms with Crippen molar-refractivity contribution in [2.24, 2.45) is 0 Å². The maximum atomic E-state index is 14.2. The molecule has 0 saturated carbocycles. The average Bonchev–Trinajstić information content (AvgIpc) is 2.80. The molecule has 0 aliphatic carbocycles. The number of carbonyl (C=O) groups is 1. The Morgan fingerprint density at radius 3 is 2.38 bits per heavy atom. The van der Waals surface area contributed by atoms with Gasteiger partial charge in [0.05, 0.1) is 6.04 Å². The molecular formula is C24H26F6N4O3. The van der Waals surface area contributed by atoms with E-state index in [2.05, 4.69) is 20.7 Å². The van der Waals surface area contributed by atoms with Crippen molar-refractivity contribution in [2.75, 3.05) is 25.5 Å². The minimum Gasteiger partial charge on any atom is -0.473 e. The molecule has 2 unspecified atom stereocenters. The van der Waals surface area contributed by atoms with Crippen LogP contribution in [0.15, 0.2) is 48.5 Å². The highest BCUT2D eigenvalue weighted by atomic mass is 19.4. The molecule has 37 heavy (non-hydrogen) atoms. The number of anilines is 1. The fourth-order valence-corrected chi connectivity index (χ4v) is 4.67. The van der Waals surface area contributed by atoms with Crippen LogP contribution in [-0.2, 0) is 5.54 Å². The fourth-order valence-electron chi connectivity index (χ4n) is 4.67. The predicted octanol–water partition coefficient (Wildman–Crippen LogP) is 4.96. The van der Waals surface area contributed by atoms with Crippen LogP contribution < -0.4 is 25.4 Å². The number of likely N-dealkylation sites (tertiary alicyclic amines) is 1. The fraction of sp³-hybridized carbons (Fsp3) is 0.458. The number of halogens is 6. The molecule has 2 aliphatic rings. The summed E-state index contributed by atoms with van der Waals surface area (Å²) < 4.78 is 89.3. The van der Waals surface area contributed by atoms with Gasteiger partial charge in [-0.05, 0) is 63.2 Å². The summed E-state index contributed by atoms with van der Waals surface area (Å²) in [5.74, 6) is -0.367. The third-order valence-corrected chi connectivity index (χ3v) is 6.58. The first kappa shape index (κ1) is 26.9. The molecule has 7 nitrogen and oxygen atoms in total. The van der Waals surface area contributed by atoms with Gasteiger partial charge < -0.3 is 20.1 Å². The molecule has 2 aromatic carbocycles. The number of nitrogens with zero attached hydrogens (tertiary/aromatic N) is 1. The Bertz CT molecular complexity index is 1100. The Morgan fingerprint density at radius 1 is 1.08 bits per heavy atom. The molecule has 202 valence electrons. The molecule has 3 N–H and O–H groups in total. The summed E-state index contributed by atoms with van der Waals surface area (Å²) in [5.41, 5.74) is -1.92. The van der Waals surface area contributed by atoms with E-state index in [0.29, 0.717) is 25.9 Å². The van der Waals surface area contributed by atoms with E-state index in [1.807, 2.05) is 0 Å². The average molecular weight is 532 g/mol. The van der Waals surface area contributed by atoms with E-state index in [4.69, 9.17) is 4.74 Å². The van der Waals surface area contributed by atoms with Gasteiger partial charge in [0.1, 0.15) is 17.0 Å². The topological polar surface area (TPSA) is 74.9 Å². The molecule has 2 fully saturated rings. The second-order valence-corrected chi connectivity index (χ2v) is 8.94. The highest BCUT2D eigenvalue weighted by Gasteiger charge is 2.64. The van der Waals surface area contributed by atoms with Crippen LogP contribution >= 0.6 is 0 Å². The van der Waals surface area contributed by atoms with E-state index in [1.54, 1.807) is 6.07 Å². The van der Waals surface area contributed by atoms with Gasteiger partial charge in [-0.25, -0.2) is 4.79 Å². The van der Waals surface area contributed by atoms with Crippen LogP contribution in [0.5, 0.6) is 11.5 Å². The summed E-state index contributed by atoms with van der Waals surface area (Å²) in [5, 5.41) is 8.35. The summed E-state index contributed by atoms with van der Waals surface area (Å²) in [4.78, 5) is 13.8. The van der Waals surface area contributed by atoms with Crippen LogP contribution in [-0.4, -0.2) is 55.9 Å². The molecule has 2 aliphatic heterocycles. The molecule has 2 aromatic rings. The van der Waals surface area contributed by atoms with Crippen LogP contribution in [0.25, 0.3) is 0 Å². The van der Waals surface area contributed by atoms with Crippen molar-refractivity contribution >= 4 is 11.7 Å². The first-order valence-electron chi connectivity index (χ1n) is 11.6. The highest BCUT2D eigenvalue weighted by molar-refractivity contribution is 5.89. The summed E-state index contributed by atoms with van der Waals surface area (Å²) >= 11 is 0. The zero-order valence-corrected chi connectivity index (χ0v) is 19.7. The molecule has 0 radical (unpaired) electrons. The lowest BCUT2D eigenvalue weighted by molar-refractivity contribution is -0.274. The molecule has 2 saturated heterocycles. The van der Waals surface area contributed by atoms with Gasteiger partial charge in [0.15, 0.2) is 6.23 Å². The lowest BCUT2D eigenvalue weighted by atomic mass is 9.77. The number of ether oxygens (including phenoxy) is 2. The minimum absolute atomic E-state index is 0.00740. The molecular weight excluding hydrogens is 506 g/mol. The number of hydrogen-bond donors (Lipinski definition) is 3. The van der Waals surface area contributed by atoms with Crippen LogP contribution in [0.2, 0.25) is 0 Å². The Labute approximate surface area is 209 Å². The van der Waals surface area contributed by atoms with Gasteiger partial charge in [-0.2, -0.15) is 13.2 Å². The minimum atomic E-state index is -4.83. The molecule has 0 aromatic heterocycles. The van der Waals surface area contributed by atoms with Crippen LogP contribution in [0.3, 0.4) is 0 Å². The zero-order chi connectivity index (χ0) is 26.8. The number of alkyl halides is 6. The Kier molecular flexibility index (Phi) is 7.47. The van der Waals surface area contributed by atoms with E-state index in [1.165, 1.54) is 42.3 Å². The number of urea groups is 1. The number of rotatable bonds is 6. The number of amides is 2. The first-order chi connectivity index (χ1) is 17.4. The van der Waals surface area contributed by atoms with E-state index in [0.717, 1.165) is 12.1 Å². The van der Waals surface area contributed by atoms with Crippen molar-refractivity contribution in [3.8, 4) is 11.5 Å². The number of piperidine rings is 1. The van der Waals surface area contributed by atoms with Gasteiger partial charge in [0.2, 0.25) is 0 Å². The van der Waals surface area contributed by atoms with Crippen LogP contribution in [0.4, 0.5) is 36.8 Å². The molecule has 0 bridgehead atoms. The van der Waals surface area contributed by atoms with E-state index in [9.17, 15) is 31.1 Å². The molecule has 0 spiro atoms. The van der Waals surface area contributed by atoms with Crippen molar-refractivity contribution in [3.05, 3.63) is 54.1 Å². The zero-order valence-electron chi connectivity index (χ0n) is 19.7. The van der Waals surface area contributed by atoms with Crippen molar-refractivity contribution < 1.29 is 40.6 Å². The molecule has 4 rings (SSSR count). The smallest absolute Gasteiger partial charge is 0.473 e. The summed E-state index contributed by atoms with van der Waals surface area (Å²) in [7, 11) is 1.42. The normalized spacial score (nSPS) is 24.6. The van der Waals surface area contributed by atoms with Crippen molar-refractivity contribution in [2.45, 2.75) is 49.6 Å². The summed E-state index contributed by atoms with van der Waals surface area (Å²) in [6, 6.07) is 9.38. The van der Waals surface area contributed by atoms with Gasteiger partial charge in [0, 0.05) is 17.8 Å². The van der Waals surface area contributed by atoms with Gasteiger partial charge in [0.25, 0.3) is 0 Å². The summed E-state index contributed by atoms with van der Waals surface area (Å²) in [6.45, 7) is 0.834. The number of benzene rings is 2. The lowest BCUT2D eigenvalue weighted by Crippen LogP contribution is -2.64. The summed E-state index contributed by atoms with van der Waals surface area (Å²) in [6.07, 6.45) is -9.07. The Morgan fingerprint density at radius 2 is 1.78 bits per heavy atom. The van der Waals surface area contributed by atoms with E-state index >= 15 is 0 Å². The quantitative estimate of drug-likeness (QED) is 0.459. The maximum absolute atomic E-state index is 14.2. The van der Waals surface area contributed by atoms with Crippen molar-refractivity contribution in [1.82, 2.24) is 15.5 Å². The van der Waals surface area contributed by atoms with Gasteiger partial charge in [-0.3, -0.25) is 10.2 Å². The second kappa shape index (κ2) is 10.3. The lowest BCUT2D eigenvalue weighted by Gasteiger charge is -2.52. The van der Waals surface area contributed by atoms with Crippen molar-refractivity contribution in [3.63, 3.8) is 0 Å². The highest BCUT2D eigenvalue weighted by Crippen LogP contribution is 2.53. The third kappa shape index (κ3) is 5.87. The number of para-hydroxylation sites is 1. The SMILES string of the molecule is CN1CC[C@@]1(c1ccccc1OC1NCCCC1NC(=O)Nc1ccc(OC(F)(F)F)cc1)C(F)(F)F. The van der Waals surface area contributed by atoms with Crippen molar-refractivity contribution in [1.29, 1.82) is 0 Å². The Balaban J connectivity index is 1.45. The largest absolute Gasteiger partial charge is 0.573 e. The molecule has 13 heteroatoms. The molecule has 2 amide bonds. The van der Waals surface area contributed by atoms with E-state index < -0.39 is 42.1 Å². The predicted molar refractivity (Wildman–Crippen MR) is 122 cm³/mol. The standard InChI is InChI=1S/C24H26F6N4O3/c1-34-14-12-22(34,23(25,26)27)17-5-2-3-7-19(17)36-20-18(6-4-13-31-20)33-21(35)32-15-8-10-16(11-9-15)37-24(28,29)30/h2-3,5,7-11,18,20,31H,4,6,12-14H2,1H3,(H2,32,33,35)/t18?,20?,22-/m1/s1. The number of carbonyl (C=O) groups excluding carboxylic acids is 1. The van der Waals surface area contributed by atoms with Crippen LogP contribution in [0.1, 0.15) is 24.8 Å². The Hall–Kier alpha value is -3.19. The number of nitrogens with one attached hydrogen (secondary N) is 3. The maximum Gasteiger partial charge on any atom is 0.573 e. The van der Waals surface area contributed by atoms with Gasteiger partial charge >= 0.3 is 18.6 Å².